The molecule has 2 aliphatic rings. The van der Waals surface area contributed by atoms with Crippen LogP contribution >= 0.6 is 0 Å². The molecule has 0 aliphatic carbocycles. The molecule has 0 spiro atoms. The second kappa shape index (κ2) is 5.95. The van der Waals surface area contributed by atoms with Gasteiger partial charge in [0.1, 0.15) is 6.04 Å². The number of carbonyl (C=O) groups excluding carboxylic acids is 1. The number of hydrogen-bond acceptors (Lipinski definition) is 3. The minimum atomic E-state index is -0.132. The molecule has 2 aliphatic heterocycles. The molecule has 20 heavy (non-hydrogen) atoms. The molecule has 0 aromatic carbocycles. The van der Waals surface area contributed by atoms with Gasteiger partial charge in [0.05, 0.1) is 6.33 Å². The summed E-state index contributed by atoms with van der Waals surface area (Å²) in [5.41, 5.74) is 1.21. The second-order valence-corrected chi connectivity index (χ2v) is 5.98. The highest BCUT2D eigenvalue weighted by Gasteiger charge is 2.27. The Kier molecular flexibility index (Phi) is 4.05. The Morgan fingerprint density at radius 3 is 2.90 bits per heavy atom. The molecule has 1 N–H and O–H groups in total. The molecule has 1 aromatic rings. The zero-order chi connectivity index (χ0) is 13.9. The van der Waals surface area contributed by atoms with Crippen LogP contribution in [-0.4, -0.2) is 46.5 Å². The van der Waals surface area contributed by atoms with Gasteiger partial charge in [0.2, 0.25) is 5.91 Å². The maximum absolute atomic E-state index is 12.5. The normalized spacial score (nSPS) is 24.9. The van der Waals surface area contributed by atoms with E-state index >= 15 is 0 Å². The van der Waals surface area contributed by atoms with Crippen molar-refractivity contribution in [1.29, 1.82) is 0 Å². The molecular formula is C15H24N4O. The molecular weight excluding hydrogens is 252 g/mol. The standard InChI is InChI=1S/C15H24N4O/c1-12(15(20)18-7-2-3-8-18)19-11-17-10-14(19)13-5-4-6-16-9-13/h10-13,16H,2-9H2,1H3. The maximum Gasteiger partial charge on any atom is 0.245 e. The summed E-state index contributed by atoms with van der Waals surface area (Å²) in [6.07, 6.45) is 8.42. The van der Waals surface area contributed by atoms with Crippen molar-refractivity contribution in [2.75, 3.05) is 26.2 Å². The average molecular weight is 276 g/mol. The van der Waals surface area contributed by atoms with Crippen LogP contribution in [0.25, 0.3) is 0 Å². The zero-order valence-corrected chi connectivity index (χ0v) is 12.2. The zero-order valence-electron chi connectivity index (χ0n) is 12.2. The van der Waals surface area contributed by atoms with Crippen molar-refractivity contribution in [3.8, 4) is 0 Å². The fourth-order valence-corrected chi connectivity index (χ4v) is 3.38. The molecule has 2 unspecified atom stereocenters. The maximum atomic E-state index is 12.5. The Labute approximate surface area is 120 Å². The van der Waals surface area contributed by atoms with E-state index in [2.05, 4.69) is 14.9 Å². The van der Waals surface area contributed by atoms with Gasteiger partial charge in [-0.25, -0.2) is 4.98 Å². The molecule has 2 saturated heterocycles. The summed E-state index contributed by atoms with van der Waals surface area (Å²) in [6.45, 7) is 5.93. The van der Waals surface area contributed by atoms with Gasteiger partial charge >= 0.3 is 0 Å². The van der Waals surface area contributed by atoms with Gasteiger partial charge < -0.3 is 14.8 Å². The first-order valence-electron chi connectivity index (χ1n) is 7.78. The summed E-state index contributed by atoms with van der Waals surface area (Å²) in [7, 11) is 0. The Hall–Kier alpha value is -1.36. The fourth-order valence-electron chi connectivity index (χ4n) is 3.38. The molecule has 3 heterocycles. The lowest BCUT2D eigenvalue weighted by Gasteiger charge is -2.27. The van der Waals surface area contributed by atoms with E-state index < -0.39 is 0 Å². The number of rotatable bonds is 3. The number of likely N-dealkylation sites (tertiary alicyclic amines) is 1. The quantitative estimate of drug-likeness (QED) is 0.911. The van der Waals surface area contributed by atoms with Crippen LogP contribution in [0.3, 0.4) is 0 Å². The minimum absolute atomic E-state index is 0.132. The van der Waals surface area contributed by atoms with Crippen LogP contribution in [0.1, 0.15) is 50.3 Å². The van der Waals surface area contributed by atoms with Gasteiger partial charge in [-0.1, -0.05) is 0 Å². The topological polar surface area (TPSA) is 50.2 Å². The van der Waals surface area contributed by atoms with Gasteiger partial charge in [0, 0.05) is 37.4 Å². The van der Waals surface area contributed by atoms with Gasteiger partial charge in [-0.2, -0.15) is 0 Å². The summed E-state index contributed by atoms with van der Waals surface area (Å²) in [5, 5.41) is 3.44. The first kappa shape index (κ1) is 13.6. The van der Waals surface area contributed by atoms with Crippen LogP contribution in [-0.2, 0) is 4.79 Å². The van der Waals surface area contributed by atoms with Gasteiger partial charge in [-0.3, -0.25) is 4.79 Å². The second-order valence-electron chi connectivity index (χ2n) is 5.98. The van der Waals surface area contributed by atoms with E-state index in [-0.39, 0.29) is 11.9 Å². The molecule has 3 rings (SSSR count). The lowest BCUT2D eigenvalue weighted by atomic mass is 9.96. The number of amides is 1. The predicted molar refractivity (Wildman–Crippen MR) is 77.6 cm³/mol. The third-order valence-corrected chi connectivity index (χ3v) is 4.60. The summed E-state index contributed by atoms with van der Waals surface area (Å²) >= 11 is 0. The SMILES string of the molecule is CC(C(=O)N1CCCC1)n1cncc1C1CCCNC1. The molecule has 1 aromatic heterocycles. The van der Waals surface area contributed by atoms with E-state index in [1.54, 1.807) is 0 Å². The highest BCUT2D eigenvalue weighted by molar-refractivity contribution is 5.80. The monoisotopic (exact) mass is 276 g/mol. The minimum Gasteiger partial charge on any atom is -0.341 e. The van der Waals surface area contributed by atoms with Crippen LogP contribution < -0.4 is 5.32 Å². The Morgan fingerprint density at radius 2 is 2.20 bits per heavy atom. The van der Waals surface area contributed by atoms with Crippen LogP contribution in [0.4, 0.5) is 0 Å². The number of piperidine rings is 1. The van der Waals surface area contributed by atoms with Crippen LogP contribution in [0.15, 0.2) is 12.5 Å². The lowest BCUT2D eigenvalue weighted by Crippen LogP contribution is -2.35. The number of aromatic nitrogens is 2. The van der Waals surface area contributed by atoms with E-state index in [0.717, 1.165) is 39.0 Å². The summed E-state index contributed by atoms with van der Waals surface area (Å²) < 4.78 is 2.08. The molecule has 0 saturated carbocycles. The summed E-state index contributed by atoms with van der Waals surface area (Å²) in [6, 6.07) is -0.132. The molecule has 0 radical (unpaired) electrons. The van der Waals surface area contributed by atoms with Crippen molar-refractivity contribution in [1.82, 2.24) is 19.8 Å². The Bertz CT molecular complexity index is 458. The number of nitrogens with zero attached hydrogens (tertiary/aromatic N) is 3. The third-order valence-electron chi connectivity index (χ3n) is 4.60. The van der Waals surface area contributed by atoms with Crippen LogP contribution in [0, 0.1) is 0 Å². The van der Waals surface area contributed by atoms with Crippen molar-refractivity contribution in [2.24, 2.45) is 0 Å². The van der Waals surface area contributed by atoms with Crippen molar-refractivity contribution < 1.29 is 4.79 Å². The highest BCUT2D eigenvalue weighted by Crippen LogP contribution is 2.26. The Balaban J connectivity index is 1.75. The Morgan fingerprint density at radius 1 is 1.40 bits per heavy atom. The largest absolute Gasteiger partial charge is 0.341 e. The van der Waals surface area contributed by atoms with E-state index in [1.165, 1.54) is 18.5 Å². The van der Waals surface area contributed by atoms with Gasteiger partial charge in [0.15, 0.2) is 0 Å². The summed E-state index contributed by atoms with van der Waals surface area (Å²) in [4.78, 5) is 18.8. The molecule has 5 heteroatoms. The van der Waals surface area contributed by atoms with E-state index in [0.29, 0.717) is 5.92 Å². The van der Waals surface area contributed by atoms with E-state index in [1.807, 2.05) is 24.3 Å². The van der Waals surface area contributed by atoms with Crippen LogP contribution in [0.2, 0.25) is 0 Å². The average Bonchev–Trinajstić information content (AvgIpc) is 3.17. The highest BCUT2D eigenvalue weighted by atomic mass is 16.2. The smallest absolute Gasteiger partial charge is 0.245 e. The first-order valence-corrected chi connectivity index (χ1v) is 7.78. The molecule has 110 valence electrons. The molecule has 1 amide bonds. The van der Waals surface area contributed by atoms with Crippen molar-refractivity contribution in [2.45, 2.75) is 44.6 Å². The van der Waals surface area contributed by atoms with Gasteiger partial charge in [0.25, 0.3) is 0 Å². The molecule has 2 fully saturated rings. The number of imidazole rings is 1. The van der Waals surface area contributed by atoms with Crippen molar-refractivity contribution >= 4 is 5.91 Å². The van der Waals surface area contributed by atoms with E-state index in [4.69, 9.17) is 0 Å². The number of hydrogen-bond donors (Lipinski definition) is 1. The molecule has 2 atom stereocenters. The predicted octanol–water partition coefficient (Wildman–Crippen LogP) is 1.53. The van der Waals surface area contributed by atoms with Crippen molar-refractivity contribution in [3.05, 3.63) is 18.2 Å². The van der Waals surface area contributed by atoms with Gasteiger partial charge in [-0.15, -0.1) is 0 Å². The third kappa shape index (κ3) is 2.59. The molecule has 0 bridgehead atoms. The number of carbonyl (C=O) groups is 1. The van der Waals surface area contributed by atoms with E-state index in [9.17, 15) is 4.79 Å². The van der Waals surface area contributed by atoms with Gasteiger partial charge in [-0.05, 0) is 39.2 Å². The molecule has 5 nitrogen and oxygen atoms in total. The van der Waals surface area contributed by atoms with Crippen molar-refractivity contribution in [3.63, 3.8) is 0 Å². The number of nitrogens with one attached hydrogen (secondary N) is 1. The first-order chi connectivity index (χ1) is 9.77. The van der Waals surface area contributed by atoms with Crippen LogP contribution in [0.5, 0.6) is 0 Å². The lowest BCUT2D eigenvalue weighted by molar-refractivity contribution is -0.133. The summed E-state index contributed by atoms with van der Waals surface area (Å²) in [5.74, 6) is 0.727. The fraction of sp³-hybridized carbons (Fsp3) is 0.733.